The summed E-state index contributed by atoms with van der Waals surface area (Å²) in [5, 5.41) is 15.8. The SMILES string of the molecule is Cc1cscc1CNC(=O)c1ccccc1C(=O)O. The number of carbonyl (C=O) groups excluding carboxylic acids is 1. The van der Waals surface area contributed by atoms with Gasteiger partial charge < -0.3 is 10.4 Å². The van der Waals surface area contributed by atoms with Gasteiger partial charge in [0.25, 0.3) is 5.91 Å². The van der Waals surface area contributed by atoms with Crippen molar-refractivity contribution in [2.45, 2.75) is 13.5 Å². The van der Waals surface area contributed by atoms with E-state index in [1.165, 1.54) is 12.1 Å². The highest BCUT2D eigenvalue weighted by molar-refractivity contribution is 7.08. The molecule has 2 aromatic rings. The Hall–Kier alpha value is -2.14. The quantitative estimate of drug-likeness (QED) is 0.901. The van der Waals surface area contributed by atoms with E-state index < -0.39 is 5.97 Å². The van der Waals surface area contributed by atoms with Crippen LogP contribution in [0.2, 0.25) is 0 Å². The lowest BCUT2D eigenvalue weighted by molar-refractivity contribution is 0.0691. The van der Waals surface area contributed by atoms with Gasteiger partial charge in [-0.25, -0.2) is 4.79 Å². The van der Waals surface area contributed by atoms with Crippen molar-refractivity contribution >= 4 is 23.2 Å². The molecule has 5 heteroatoms. The van der Waals surface area contributed by atoms with Crippen LogP contribution in [0.5, 0.6) is 0 Å². The van der Waals surface area contributed by atoms with Crippen molar-refractivity contribution in [1.82, 2.24) is 5.32 Å². The molecule has 0 aliphatic rings. The third-order valence-electron chi connectivity index (χ3n) is 2.80. The van der Waals surface area contributed by atoms with Gasteiger partial charge in [-0.3, -0.25) is 4.79 Å². The van der Waals surface area contributed by atoms with Crippen molar-refractivity contribution in [3.8, 4) is 0 Å². The van der Waals surface area contributed by atoms with E-state index in [9.17, 15) is 9.59 Å². The van der Waals surface area contributed by atoms with Crippen molar-refractivity contribution in [3.63, 3.8) is 0 Å². The van der Waals surface area contributed by atoms with Crippen molar-refractivity contribution in [1.29, 1.82) is 0 Å². The summed E-state index contributed by atoms with van der Waals surface area (Å²) in [6, 6.07) is 6.19. The molecule has 1 aromatic carbocycles. The lowest BCUT2D eigenvalue weighted by atomic mass is 10.1. The molecule has 1 heterocycles. The Morgan fingerprint density at radius 3 is 2.47 bits per heavy atom. The maximum Gasteiger partial charge on any atom is 0.336 e. The molecule has 0 radical (unpaired) electrons. The molecule has 19 heavy (non-hydrogen) atoms. The molecule has 4 nitrogen and oxygen atoms in total. The third-order valence-corrected chi connectivity index (χ3v) is 3.71. The summed E-state index contributed by atoms with van der Waals surface area (Å²) in [6.07, 6.45) is 0. The number of benzene rings is 1. The van der Waals surface area contributed by atoms with Gasteiger partial charge in [0.05, 0.1) is 11.1 Å². The molecule has 0 aliphatic heterocycles. The van der Waals surface area contributed by atoms with Gasteiger partial charge in [0.2, 0.25) is 0 Å². The fourth-order valence-electron chi connectivity index (χ4n) is 1.71. The second-order valence-electron chi connectivity index (χ2n) is 4.11. The van der Waals surface area contributed by atoms with Crippen molar-refractivity contribution < 1.29 is 14.7 Å². The normalized spacial score (nSPS) is 10.2. The zero-order valence-corrected chi connectivity index (χ0v) is 11.2. The van der Waals surface area contributed by atoms with E-state index in [2.05, 4.69) is 5.32 Å². The van der Waals surface area contributed by atoms with E-state index in [1.54, 1.807) is 23.5 Å². The number of carboxylic acid groups (broad SMARTS) is 1. The summed E-state index contributed by atoms with van der Waals surface area (Å²) in [4.78, 5) is 23.0. The van der Waals surface area contributed by atoms with E-state index in [4.69, 9.17) is 5.11 Å². The standard InChI is InChI=1S/C14H13NO3S/c1-9-7-19-8-10(9)6-15-13(16)11-4-2-3-5-12(11)14(17)18/h2-5,7-8H,6H2,1H3,(H,15,16)(H,17,18). The lowest BCUT2D eigenvalue weighted by Crippen LogP contribution is -2.25. The summed E-state index contributed by atoms with van der Waals surface area (Å²) in [6.45, 7) is 2.38. The molecule has 2 N–H and O–H groups in total. The largest absolute Gasteiger partial charge is 0.478 e. The molecule has 0 saturated carbocycles. The third kappa shape index (κ3) is 3.00. The van der Waals surface area contributed by atoms with E-state index >= 15 is 0 Å². The van der Waals surface area contributed by atoms with E-state index in [1.807, 2.05) is 17.7 Å². The minimum absolute atomic E-state index is 0.0158. The minimum atomic E-state index is -1.10. The fourth-order valence-corrected chi connectivity index (χ4v) is 2.56. The first kappa shape index (κ1) is 13.3. The molecule has 0 saturated heterocycles. The molecule has 1 amide bonds. The Bertz CT molecular complexity index is 619. The smallest absolute Gasteiger partial charge is 0.336 e. The van der Waals surface area contributed by atoms with Crippen molar-refractivity contribution in [2.75, 3.05) is 0 Å². The molecule has 0 spiro atoms. The predicted molar refractivity (Wildman–Crippen MR) is 73.6 cm³/mol. The van der Waals surface area contributed by atoms with Gasteiger partial charge in [0.1, 0.15) is 0 Å². The average molecular weight is 275 g/mol. The van der Waals surface area contributed by atoms with Gasteiger partial charge in [-0.2, -0.15) is 11.3 Å². The van der Waals surface area contributed by atoms with E-state index in [-0.39, 0.29) is 17.0 Å². The fraction of sp³-hybridized carbons (Fsp3) is 0.143. The average Bonchev–Trinajstić information content (AvgIpc) is 2.81. The van der Waals surface area contributed by atoms with Gasteiger partial charge in [-0.15, -0.1) is 0 Å². The van der Waals surface area contributed by atoms with Crippen LogP contribution in [0, 0.1) is 6.92 Å². The first-order valence-corrected chi connectivity index (χ1v) is 6.66. The molecule has 0 bridgehead atoms. The van der Waals surface area contributed by atoms with Gasteiger partial charge in [0, 0.05) is 6.54 Å². The number of hydrogen-bond donors (Lipinski definition) is 2. The molecular weight excluding hydrogens is 262 g/mol. The Morgan fingerprint density at radius 1 is 1.21 bits per heavy atom. The van der Waals surface area contributed by atoms with Gasteiger partial charge in [0.15, 0.2) is 0 Å². The number of thiophene rings is 1. The zero-order chi connectivity index (χ0) is 13.8. The first-order valence-electron chi connectivity index (χ1n) is 5.72. The number of aromatic carboxylic acids is 1. The van der Waals surface area contributed by atoms with Crippen molar-refractivity contribution in [3.05, 3.63) is 57.3 Å². The van der Waals surface area contributed by atoms with Crippen LogP contribution in [0.25, 0.3) is 0 Å². The Balaban J connectivity index is 2.13. The second-order valence-corrected chi connectivity index (χ2v) is 4.86. The van der Waals surface area contributed by atoms with Crippen LogP contribution in [0.3, 0.4) is 0 Å². The predicted octanol–water partition coefficient (Wildman–Crippen LogP) is 2.68. The second kappa shape index (κ2) is 5.67. The molecule has 0 fully saturated rings. The number of carbonyl (C=O) groups is 2. The van der Waals surface area contributed by atoms with Crippen LogP contribution in [0.15, 0.2) is 35.0 Å². The number of aryl methyl sites for hydroxylation is 1. The Kier molecular flexibility index (Phi) is 3.97. The number of hydrogen-bond acceptors (Lipinski definition) is 3. The van der Waals surface area contributed by atoms with E-state index in [0.29, 0.717) is 6.54 Å². The molecule has 0 aliphatic carbocycles. The highest BCUT2D eigenvalue weighted by Gasteiger charge is 2.15. The molecule has 0 atom stereocenters. The number of carboxylic acids is 1. The minimum Gasteiger partial charge on any atom is -0.478 e. The van der Waals surface area contributed by atoms with Crippen LogP contribution in [0.1, 0.15) is 31.8 Å². The van der Waals surface area contributed by atoms with Crippen LogP contribution in [-0.4, -0.2) is 17.0 Å². The summed E-state index contributed by atoms with van der Waals surface area (Å²) < 4.78 is 0. The molecule has 98 valence electrons. The molecule has 2 rings (SSSR count). The van der Waals surface area contributed by atoms with Crippen molar-refractivity contribution in [2.24, 2.45) is 0 Å². The van der Waals surface area contributed by atoms with Gasteiger partial charge >= 0.3 is 5.97 Å². The maximum atomic E-state index is 12.0. The molecule has 1 aromatic heterocycles. The zero-order valence-electron chi connectivity index (χ0n) is 10.3. The Labute approximate surface area is 114 Å². The van der Waals surface area contributed by atoms with Gasteiger partial charge in [-0.05, 0) is 40.9 Å². The van der Waals surface area contributed by atoms with Crippen LogP contribution in [0.4, 0.5) is 0 Å². The number of nitrogens with one attached hydrogen (secondary N) is 1. The summed E-state index contributed by atoms with van der Waals surface area (Å²) in [5.41, 5.74) is 2.37. The van der Waals surface area contributed by atoms with Crippen LogP contribution >= 0.6 is 11.3 Å². The van der Waals surface area contributed by atoms with Gasteiger partial charge in [-0.1, -0.05) is 12.1 Å². The maximum absolute atomic E-state index is 12.0. The summed E-state index contributed by atoms with van der Waals surface area (Å²) in [7, 11) is 0. The first-order chi connectivity index (χ1) is 9.09. The topological polar surface area (TPSA) is 66.4 Å². The monoisotopic (exact) mass is 275 g/mol. The Morgan fingerprint density at radius 2 is 1.89 bits per heavy atom. The van der Waals surface area contributed by atoms with Crippen LogP contribution < -0.4 is 5.32 Å². The highest BCUT2D eigenvalue weighted by Crippen LogP contribution is 2.14. The number of rotatable bonds is 4. The lowest BCUT2D eigenvalue weighted by Gasteiger charge is -2.07. The number of amides is 1. The van der Waals surface area contributed by atoms with E-state index in [0.717, 1.165) is 11.1 Å². The molecule has 0 unspecified atom stereocenters. The summed E-state index contributed by atoms with van der Waals surface area (Å²) in [5.74, 6) is -1.47. The van der Waals surface area contributed by atoms with Crippen LogP contribution in [-0.2, 0) is 6.54 Å². The summed E-state index contributed by atoms with van der Waals surface area (Å²) >= 11 is 1.58. The highest BCUT2D eigenvalue weighted by atomic mass is 32.1. The molecular formula is C14H13NO3S.